The molecule has 2 aromatic rings. The second-order valence-corrected chi connectivity index (χ2v) is 10.2. The molecule has 0 saturated carbocycles. The molecule has 3 amide bonds. The molecule has 1 aliphatic rings. The van der Waals surface area contributed by atoms with Gasteiger partial charge in [0.05, 0.1) is 0 Å². The van der Waals surface area contributed by atoms with Gasteiger partial charge in [0.1, 0.15) is 12.1 Å². The first-order valence-electron chi connectivity index (χ1n) is 12.1. The monoisotopic (exact) mass is 502 g/mol. The van der Waals surface area contributed by atoms with Crippen LogP contribution in [0.1, 0.15) is 39.2 Å². The molecule has 7 nitrogen and oxygen atoms in total. The molecule has 1 fully saturated rings. The molecular weight excluding hydrogens is 464 g/mol. The zero-order valence-electron chi connectivity index (χ0n) is 21.5. The van der Waals surface area contributed by atoms with Crippen molar-refractivity contribution in [3.05, 3.63) is 48.0 Å². The fraction of sp³-hybridized carbons (Fsp3) is 0.519. The second-order valence-electron chi connectivity index (χ2n) is 10.2. The van der Waals surface area contributed by atoms with Crippen LogP contribution in [-0.4, -0.2) is 73.3 Å². The lowest BCUT2D eigenvalue weighted by Gasteiger charge is -2.32. The van der Waals surface area contributed by atoms with Crippen LogP contribution in [0, 0.1) is 5.41 Å². The first-order chi connectivity index (χ1) is 16.1. The van der Waals surface area contributed by atoms with Gasteiger partial charge in [0, 0.05) is 38.5 Å². The zero-order valence-corrected chi connectivity index (χ0v) is 22.3. The average molecular weight is 503 g/mol. The van der Waals surface area contributed by atoms with Gasteiger partial charge < -0.3 is 20.4 Å². The minimum Gasteiger partial charge on any atom is -0.343 e. The number of hydrogen-bond donors (Lipinski definition) is 2. The largest absolute Gasteiger partial charge is 0.343 e. The van der Waals surface area contributed by atoms with E-state index in [4.69, 9.17) is 0 Å². The molecule has 0 aliphatic carbocycles. The van der Waals surface area contributed by atoms with Gasteiger partial charge in [-0.15, -0.1) is 12.4 Å². The van der Waals surface area contributed by atoms with E-state index in [1.807, 2.05) is 58.2 Å². The molecule has 3 rings (SSSR count). The van der Waals surface area contributed by atoms with Crippen LogP contribution in [0.25, 0.3) is 10.8 Å². The molecule has 0 aromatic heterocycles. The number of nitrogens with zero attached hydrogens (tertiary/aromatic N) is 2. The number of fused-ring (bicyclic) bond motifs is 1. The van der Waals surface area contributed by atoms with Crippen molar-refractivity contribution in [2.45, 2.75) is 52.1 Å². The summed E-state index contributed by atoms with van der Waals surface area (Å²) >= 11 is 0. The summed E-state index contributed by atoms with van der Waals surface area (Å²) in [6, 6.07) is 13.0. The Morgan fingerprint density at radius 1 is 1.11 bits per heavy atom. The molecule has 1 saturated heterocycles. The Morgan fingerprint density at radius 2 is 1.80 bits per heavy atom. The number of carbonyl (C=O) groups excluding carboxylic acids is 3. The van der Waals surface area contributed by atoms with E-state index in [0.717, 1.165) is 22.8 Å². The molecule has 192 valence electrons. The van der Waals surface area contributed by atoms with E-state index in [1.54, 1.807) is 16.8 Å². The summed E-state index contributed by atoms with van der Waals surface area (Å²) in [6.07, 6.45) is 1.78. The van der Waals surface area contributed by atoms with Gasteiger partial charge in [-0.1, -0.05) is 63.2 Å². The quantitative estimate of drug-likeness (QED) is 0.581. The Hall–Kier alpha value is -2.64. The maximum absolute atomic E-state index is 13.4. The minimum absolute atomic E-state index is 0. The van der Waals surface area contributed by atoms with Gasteiger partial charge in [-0.05, 0) is 36.2 Å². The third-order valence-corrected chi connectivity index (χ3v) is 6.40. The highest BCUT2D eigenvalue weighted by molar-refractivity contribution is 5.93. The normalized spacial score (nSPS) is 16.5. The van der Waals surface area contributed by atoms with Crippen molar-refractivity contribution in [3.8, 4) is 0 Å². The Bertz CT molecular complexity index is 1040. The molecular formula is C27H39ClN4O3. The molecule has 35 heavy (non-hydrogen) atoms. The van der Waals surface area contributed by atoms with Gasteiger partial charge in [-0.2, -0.15) is 0 Å². The topological polar surface area (TPSA) is 81.8 Å². The number of benzene rings is 2. The van der Waals surface area contributed by atoms with Crippen LogP contribution in [-0.2, 0) is 20.8 Å². The molecule has 2 N–H and O–H groups in total. The highest BCUT2D eigenvalue weighted by Gasteiger charge is 2.39. The van der Waals surface area contributed by atoms with Crippen molar-refractivity contribution >= 4 is 40.9 Å². The van der Waals surface area contributed by atoms with Crippen LogP contribution in [0.4, 0.5) is 0 Å². The summed E-state index contributed by atoms with van der Waals surface area (Å²) in [4.78, 5) is 42.9. The van der Waals surface area contributed by atoms with E-state index in [9.17, 15) is 14.4 Å². The number of likely N-dealkylation sites (N-methyl/N-ethyl adjacent to an activating group) is 2. The number of halogens is 1. The average Bonchev–Trinajstić information content (AvgIpc) is 3.30. The van der Waals surface area contributed by atoms with Crippen molar-refractivity contribution in [2.24, 2.45) is 5.41 Å². The lowest BCUT2D eigenvalue weighted by atomic mass is 9.94. The standard InChI is InChI=1S/C27H38N4O3.ClH/c1-27(2,3)26(34)31-15-8-11-23(31)24(32)29-22(25(33)30(5)16-14-28-4)18-19-12-13-20-9-6-7-10-21(20)17-19;/h6-7,9-10,12-13,17,22-23,28H,8,11,14-16,18H2,1-5H3,(H,29,32);1H/t22-,23?;/m1./s1. The first-order valence-corrected chi connectivity index (χ1v) is 12.1. The highest BCUT2D eigenvalue weighted by Crippen LogP contribution is 2.26. The lowest BCUT2D eigenvalue weighted by molar-refractivity contribution is -0.145. The van der Waals surface area contributed by atoms with Crippen LogP contribution >= 0.6 is 12.4 Å². The summed E-state index contributed by atoms with van der Waals surface area (Å²) in [5.41, 5.74) is 0.421. The molecule has 1 aliphatic heterocycles. The van der Waals surface area contributed by atoms with E-state index in [-0.39, 0.29) is 30.1 Å². The summed E-state index contributed by atoms with van der Waals surface area (Å²) < 4.78 is 0. The van der Waals surface area contributed by atoms with E-state index in [1.165, 1.54) is 0 Å². The third kappa shape index (κ3) is 7.18. The van der Waals surface area contributed by atoms with E-state index >= 15 is 0 Å². The van der Waals surface area contributed by atoms with Gasteiger partial charge in [0.2, 0.25) is 17.7 Å². The number of carbonyl (C=O) groups is 3. The van der Waals surface area contributed by atoms with Crippen LogP contribution in [0.2, 0.25) is 0 Å². The Labute approximate surface area is 215 Å². The molecule has 2 aromatic carbocycles. The minimum atomic E-state index is -0.706. The van der Waals surface area contributed by atoms with Gasteiger partial charge in [-0.25, -0.2) is 0 Å². The smallest absolute Gasteiger partial charge is 0.245 e. The van der Waals surface area contributed by atoms with Crippen LogP contribution in [0.5, 0.6) is 0 Å². The van der Waals surface area contributed by atoms with E-state index in [2.05, 4.69) is 22.8 Å². The van der Waals surface area contributed by atoms with Crippen molar-refractivity contribution < 1.29 is 14.4 Å². The number of nitrogens with one attached hydrogen (secondary N) is 2. The number of amides is 3. The van der Waals surface area contributed by atoms with E-state index in [0.29, 0.717) is 32.5 Å². The maximum Gasteiger partial charge on any atom is 0.245 e. The molecule has 0 radical (unpaired) electrons. The number of likely N-dealkylation sites (tertiary alicyclic amines) is 1. The highest BCUT2D eigenvalue weighted by atomic mass is 35.5. The SMILES string of the molecule is CNCCN(C)C(=O)[C@@H](Cc1ccc2ccccc2c1)NC(=O)C1CCCN1C(=O)C(C)(C)C.Cl. The lowest BCUT2D eigenvalue weighted by Crippen LogP contribution is -2.55. The van der Waals surface area contributed by atoms with Crippen molar-refractivity contribution in [1.29, 1.82) is 0 Å². The fourth-order valence-electron chi connectivity index (χ4n) is 4.44. The molecule has 0 spiro atoms. The second kappa shape index (κ2) is 12.4. The third-order valence-electron chi connectivity index (χ3n) is 6.40. The first kappa shape index (κ1) is 28.6. The van der Waals surface area contributed by atoms with Gasteiger partial charge in [-0.3, -0.25) is 14.4 Å². The van der Waals surface area contributed by atoms with Crippen LogP contribution in [0.15, 0.2) is 42.5 Å². The Kier molecular flexibility index (Phi) is 10.1. The van der Waals surface area contributed by atoms with Crippen molar-refractivity contribution in [3.63, 3.8) is 0 Å². The van der Waals surface area contributed by atoms with Crippen molar-refractivity contribution in [1.82, 2.24) is 20.4 Å². The molecule has 1 heterocycles. The predicted molar refractivity (Wildman–Crippen MR) is 143 cm³/mol. The Balaban J connectivity index is 0.00000432. The number of hydrogen-bond acceptors (Lipinski definition) is 4. The molecule has 8 heteroatoms. The van der Waals surface area contributed by atoms with Gasteiger partial charge in [0.25, 0.3) is 0 Å². The van der Waals surface area contributed by atoms with Gasteiger partial charge in [0.15, 0.2) is 0 Å². The summed E-state index contributed by atoms with van der Waals surface area (Å²) in [5.74, 6) is -0.423. The maximum atomic E-state index is 13.4. The van der Waals surface area contributed by atoms with Crippen LogP contribution < -0.4 is 10.6 Å². The Morgan fingerprint density at radius 3 is 2.46 bits per heavy atom. The zero-order chi connectivity index (χ0) is 24.9. The summed E-state index contributed by atoms with van der Waals surface area (Å²) in [5, 5.41) is 8.29. The van der Waals surface area contributed by atoms with Crippen LogP contribution in [0.3, 0.4) is 0 Å². The van der Waals surface area contributed by atoms with Gasteiger partial charge >= 0.3 is 0 Å². The molecule has 0 bridgehead atoms. The summed E-state index contributed by atoms with van der Waals surface area (Å²) in [6.45, 7) is 7.37. The van der Waals surface area contributed by atoms with Crippen molar-refractivity contribution in [2.75, 3.05) is 33.7 Å². The number of rotatable bonds is 8. The fourth-order valence-corrected chi connectivity index (χ4v) is 4.44. The molecule has 2 atom stereocenters. The van der Waals surface area contributed by atoms with E-state index < -0.39 is 17.5 Å². The summed E-state index contributed by atoms with van der Waals surface area (Å²) in [7, 11) is 3.60. The predicted octanol–water partition coefficient (Wildman–Crippen LogP) is 3.00. The molecule has 1 unspecified atom stereocenters.